The van der Waals surface area contributed by atoms with Gasteiger partial charge in [0.1, 0.15) is 6.10 Å². The SMILES string of the molecule is CCN(CCCO)CC1CNC(=O)O1. The molecular weight excluding hydrogens is 184 g/mol. The summed E-state index contributed by atoms with van der Waals surface area (Å²) in [5, 5.41) is 11.3. The molecule has 0 saturated carbocycles. The predicted molar refractivity (Wildman–Crippen MR) is 52.1 cm³/mol. The predicted octanol–water partition coefficient (Wildman–Crippen LogP) is -0.201. The van der Waals surface area contributed by atoms with Crippen molar-refractivity contribution >= 4 is 6.09 Å². The molecule has 1 saturated heterocycles. The van der Waals surface area contributed by atoms with Crippen molar-refractivity contribution in [2.24, 2.45) is 0 Å². The second-order valence-electron chi connectivity index (χ2n) is 3.38. The van der Waals surface area contributed by atoms with Crippen LogP contribution in [0, 0.1) is 0 Å². The number of rotatable bonds is 6. The van der Waals surface area contributed by atoms with E-state index < -0.39 is 0 Å². The molecule has 1 atom stereocenters. The van der Waals surface area contributed by atoms with Crippen molar-refractivity contribution in [1.82, 2.24) is 10.2 Å². The van der Waals surface area contributed by atoms with Crippen molar-refractivity contribution in [1.29, 1.82) is 0 Å². The number of nitrogens with zero attached hydrogens (tertiary/aromatic N) is 1. The summed E-state index contributed by atoms with van der Waals surface area (Å²) in [4.78, 5) is 12.9. The topological polar surface area (TPSA) is 61.8 Å². The first kappa shape index (κ1) is 11.3. The molecule has 1 fully saturated rings. The van der Waals surface area contributed by atoms with Crippen LogP contribution in [0.5, 0.6) is 0 Å². The second kappa shape index (κ2) is 5.82. The van der Waals surface area contributed by atoms with Crippen molar-refractivity contribution in [3.8, 4) is 0 Å². The summed E-state index contributed by atoms with van der Waals surface area (Å²) in [6.07, 6.45) is 0.399. The van der Waals surface area contributed by atoms with Gasteiger partial charge in [-0.15, -0.1) is 0 Å². The molecule has 1 aliphatic rings. The third-order valence-electron chi connectivity index (χ3n) is 2.29. The van der Waals surface area contributed by atoms with Crippen LogP contribution in [0.1, 0.15) is 13.3 Å². The van der Waals surface area contributed by atoms with Gasteiger partial charge >= 0.3 is 6.09 Å². The van der Waals surface area contributed by atoms with Crippen LogP contribution in [0.3, 0.4) is 0 Å². The molecular formula is C9H18N2O3. The van der Waals surface area contributed by atoms with Crippen LogP contribution >= 0.6 is 0 Å². The van der Waals surface area contributed by atoms with E-state index in [-0.39, 0.29) is 18.8 Å². The summed E-state index contributed by atoms with van der Waals surface area (Å²) in [6.45, 7) is 5.36. The maximum Gasteiger partial charge on any atom is 0.407 e. The molecule has 0 aromatic rings. The third-order valence-corrected chi connectivity index (χ3v) is 2.29. The normalized spacial score (nSPS) is 21.1. The molecule has 1 aliphatic heterocycles. The van der Waals surface area contributed by atoms with E-state index in [0.29, 0.717) is 6.54 Å². The number of amides is 1. The Balaban J connectivity index is 2.22. The van der Waals surface area contributed by atoms with Gasteiger partial charge in [-0.2, -0.15) is 0 Å². The van der Waals surface area contributed by atoms with Crippen LogP contribution in [0.4, 0.5) is 4.79 Å². The largest absolute Gasteiger partial charge is 0.443 e. The van der Waals surface area contributed by atoms with Gasteiger partial charge in [-0.1, -0.05) is 6.92 Å². The number of carbonyl (C=O) groups excluding carboxylic acids is 1. The average molecular weight is 202 g/mol. The lowest BCUT2D eigenvalue weighted by atomic mass is 10.3. The maximum absolute atomic E-state index is 10.7. The molecule has 0 bridgehead atoms. The quantitative estimate of drug-likeness (QED) is 0.626. The van der Waals surface area contributed by atoms with Gasteiger partial charge in [0.05, 0.1) is 6.54 Å². The number of cyclic esters (lactones) is 1. The summed E-state index contributed by atoms with van der Waals surface area (Å²) in [5.74, 6) is 0. The molecule has 1 unspecified atom stereocenters. The smallest absolute Gasteiger partial charge is 0.407 e. The van der Waals surface area contributed by atoms with E-state index in [1.807, 2.05) is 0 Å². The number of aliphatic hydroxyl groups excluding tert-OH is 1. The third kappa shape index (κ3) is 3.51. The Bertz CT molecular complexity index is 187. The lowest BCUT2D eigenvalue weighted by Crippen LogP contribution is -2.35. The highest BCUT2D eigenvalue weighted by molar-refractivity contribution is 5.69. The van der Waals surface area contributed by atoms with E-state index in [0.717, 1.165) is 26.1 Å². The van der Waals surface area contributed by atoms with Crippen molar-refractivity contribution in [3.05, 3.63) is 0 Å². The molecule has 2 N–H and O–H groups in total. The minimum absolute atomic E-state index is 0.0406. The van der Waals surface area contributed by atoms with E-state index >= 15 is 0 Å². The van der Waals surface area contributed by atoms with Gasteiger partial charge in [-0.3, -0.25) is 4.90 Å². The summed E-state index contributed by atoms with van der Waals surface area (Å²) in [7, 11) is 0. The van der Waals surface area contributed by atoms with Gasteiger partial charge in [-0.05, 0) is 13.0 Å². The van der Waals surface area contributed by atoms with Gasteiger partial charge < -0.3 is 15.2 Å². The van der Waals surface area contributed by atoms with E-state index in [1.54, 1.807) is 0 Å². The summed E-state index contributed by atoms with van der Waals surface area (Å²) >= 11 is 0. The van der Waals surface area contributed by atoms with Crippen molar-refractivity contribution in [2.75, 3.05) is 32.8 Å². The van der Waals surface area contributed by atoms with Gasteiger partial charge in [0, 0.05) is 19.7 Å². The lowest BCUT2D eigenvalue weighted by Gasteiger charge is -2.22. The molecule has 5 nitrogen and oxygen atoms in total. The first-order valence-electron chi connectivity index (χ1n) is 5.04. The minimum atomic E-state index is -0.326. The average Bonchev–Trinajstić information content (AvgIpc) is 2.58. The van der Waals surface area contributed by atoms with E-state index in [1.165, 1.54) is 0 Å². The highest BCUT2D eigenvalue weighted by Gasteiger charge is 2.23. The van der Waals surface area contributed by atoms with Crippen LogP contribution in [0.25, 0.3) is 0 Å². The number of likely N-dealkylation sites (N-methyl/N-ethyl adjacent to an activating group) is 1. The van der Waals surface area contributed by atoms with Gasteiger partial charge in [0.15, 0.2) is 0 Å². The first-order valence-corrected chi connectivity index (χ1v) is 5.04. The zero-order valence-electron chi connectivity index (χ0n) is 8.53. The number of ether oxygens (including phenoxy) is 1. The van der Waals surface area contributed by atoms with E-state index in [9.17, 15) is 4.79 Å². The summed E-state index contributed by atoms with van der Waals surface area (Å²) in [6, 6.07) is 0. The number of nitrogens with one attached hydrogen (secondary N) is 1. The van der Waals surface area contributed by atoms with E-state index in [4.69, 9.17) is 9.84 Å². The fraction of sp³-hybridized carbons (Fsp3) is 0.889. The lowest BCUT2D eigenvalue weighted by molar-refractivity contribution is 0.107. The molecule has 5 heteroatoms. The first-order chi connectivity index (χ1) is 6.76. The Hall–Kier alpha value is -0.810. The maximum atomic E-state index is 10.7. The summed E-state index contributed by atoms with van der Waals surface area (Å²) < 4.78 is 5.02. The molecule has 0 spiro atoms. The number of carbonyl (C=O) groups is 1. The molecule has 0 aromatic carbocycles. The molecule has 0 radical (unpaired) electrons. The Morgan fingerprint density at radius 2 is 2.50 bits per heavy atom. The van der Waals surface area contributed by atoms with Crippen LogP contribution in [-0.4, -0.2) is 55.0 Å². The monoisotopic (exact) mass is 202 g/mol. The van der Waals surface area contributed by atoms with Gasteiger partial charge in [-0.25, -0.2) is 4.79 Å². The number of aliphatic hydroxyl groups is 1. The van der Waals surface area contributed by atoms with Crippen LogP contribution in [0.2, 0.25) is 0 Å². The number of hydrogen-bond acceptors (Lipinski definition) is 4. The molecule has 0 aromatic heterocycles. The van der Waals surface area contributed by atoms with E-state index in [2.05, 4.69) is 17.1 Å². The highest BCUT2D eigenvalue weighted by Crippen LogP contribution is 2.03. The number of hydrogen-bond donors (Lipinski definition) is 2. The molecule has 1 rings (SSSR count). The van der Waals surface area contributed by atoms with Crippen LogP contribution < -0.4 is 5.32 Å². The minimum Gasteiger partial charge on any atom is -0.443 e. The van der Waals surface area contributed by atoms with Crippen molar-refractivity contribution in [2.45, 2.75) is 19.4 Å². The highest BCUT2D eigenvalue weighted by atomic mass is 16.6. The number of alkyl carbamates (subject to hydrolysis) is 1. The van der Waals surface area contributed by atoms with Crippen LogP contribution in [-0.2, 0) is 4.74 Å². The Morgan fingerprint density at radius 1 is 1.71 bits per heavy atom. The van der Waals surface area contributed by atoms with Crippen LogP contribution in [0.15, 0.2) is 0 Å². The van der Waals surface area contributed by atoms with Crippen molar-refractivity contribution in [3.63, 3.8) is 0 Å². The molecule has 1 heterocycles. The standard InChI is InChI=1S/C9H18N2O3/c1-2-11(4-3-5-12)7-8-6-10-9(13)14-8/h8,12H,2-7H2,1H3,(H,10,13). The fourth-order valence-corrected chi connectivity index (χ4v) is 1.49. The Kier molecular flexibility index (Phi) is 4.69. The Labute approximate surface area is 84.0 Å². The molecule has 82 valence electrons. The molecule has 0 aliphatic carbocycles. The second-order valence-corrected chi connectivity index (χ2v) is 3.38. The zero-order valence-corrected chi connectivity index (χ0v) is 8.53. The van der Waals surface area contributed by atoms with Crippen molar-refractivity contribution < 1.29 is 14.6 Å². The molecule has 1 amide bonds. The fourth-order valence-electron chi connectivity index (χ4n) is 1.49. The van der Waals surface area contributed by atoms with Gasteiger partial charge in [0.25, 0.3) is 0 Å². The Morgan fingerprint density at radius 3 is 3.00 bits per heavy atom. The molecule has 14 heavy (non-hydrogen) atoms. The zero-order chi connectivity index (χ0) is 10.4. The summed E-state index contributed by atoms with van der Waals surface area (Å²) in [5.41, 5.74) is 0. The van der Waals surface area contributed by atoms with Gasteiger partial charge in [0.2, 0.25) is 0 Å².